The molecule has 2 N–H and O–H groups in total. The molecule has 0 aromatic heterocycles. The summed E-state index contributed by atoms with van der Waals surface area (Å²) >= 11 is 0. The van der Waals surface area contributed by atoms with Gasteiger partial charge in [0.05, 0.1) is 12.0 Å². The smallest absolute Gasteiger partial charge is 0.315 e. The Hall–Kier alpha value is -1.30. The number of carboxylic acids is 1. The molecule has 0 unspecified atom stereocenters. The highest BCUT2D eigenvalue weighted by molar-refractivity contribution is 5.81. The molecule has 0 aromatic carbocycles. The number of carbonyl (C=O) groups excluding carboxylic acids is 2. The van der Waals surface area contributed by atoms with Crippen molar-refractivity contribution in [3.05, 3.63) is 0 Å². The van der Waals surface area contributed by atoms with Crippen molar-refractivity contribution in [1.29, 1.82) is 0 Å². The topological polar surface area (TPSA) is 90.5 Å². The van der Waals surface area contributed by atoms with E-state index < -0.39 is 18.0 Å². The van der Waals surface area contributed by atoms with Crippen molar-refractivity contribution in [3.63, 3.8) is 0 Å². The Kier molecular flexibility index (Phi) is 6.47. The number of rotatable bonds is 6. The summed E-state index contributed by atoms with van der Waals surface area (Å²) < 4.78 is 4.77. The fourth-order valence-corrected chi connectivity index (χ4v) is 0.725. The fourth-order valence-electron chi connectivity index (χ4n) is 0.725. The molecule has 0 rings (SSSR count). The molecule has 0 saturated heterocycles. The van der Waals surface area contributed by atoms with E-state index in [1.54, 1.807) is 7.11 Å². The summed E-state index contributed by atoms with van der Waals surface area (Å²) in [6, 6.07) is -1.50. The van der Waals surface area contributed by atoms with E-state index in [0.717, 1.165) is 0 Å². The van der Waals surface area contributed by atoms with Gasteiger partial charge >= 0.3 is 6.03 Å². The maximum atomic E-state index is 11.0. The van der Waals surface area contributed by atoms with Gasteiger partial charge in [0, 0.05) is 20.3 Å². The number of nitrogens with one attached hydrogen (secondary N) is 2. The van der Waals surface area contributed by atoms with Crippen LogP contribution in [0.2, 0.25) is 0 Å². The van der Waals surface area contributed by atoms with Gasteiger partial charge in [-0.1, -0.05) is 0 Å². The monoisotopic (exact) mass is 203 g/mol. The van der Waals surface area contributed by atoms with Gasteiger partial charge in [-0.3, -0.25) is 0 Å². The van der Waals surface area contributed by atoms with Crippen LogP contribution in [0.5, 0.6) is 0 Å². The van der Waals surface area contributed by atoms with Crippen LogP contribution in [0.3, 0.4) is 0 Å². The van der Waals surface area contributed by atoms with E-state index in [-0.39, 0.29) is 0 Å². The van der Waals surface area contributed by atoms with Gasteiger partial charge in [-0.2, -0.15) is 0 Å². The lowest BCUT2D eigenvalue weighted by molar-refractivity contribution is -0.307. The average molecular weight is 203 g/mol. The fraction of sp³-hybridized carbons (Fsp3) is 0.750. The molecule has 0 saturated carbocycles. The Balaban J connectivity index is 3.50. The van der Waals surface area contributed by atoms with E-state index >= 15 is 0 Å². The van der Waals surface area contributed by atoms with Crippen molar-refractivity contribution in [1.82, 2.24) is 10.6 Å². The second-order valence-corrected chi connectivity index (χ2v) is 2.79. The van der Waals surface area contributed by atoms with Crippen LogP contribution in [0, 0.1) is 0 Å². The van der Waals surface area contributed by atoms with E-state index in [1.807, 2.05) is 0 Å². The molecule has 82 valence electrons. The van der Waals surface area contributed by atoms with Gasteiger partial charge in [-0.05, 0) is 13.3 Å². The summed E-state index contributed by atoms with van der Waals surface area (Å²) in [5.74, 6) is -1.31. The molecule has 14 heavy (non-hydrogen) atoms. The lowest BCUT2D eigenvalue weighted by Crippen LogP contribution is -2.49. The zero-order valence-corrected chi connectivity index (χ0v) is 8.33. The van der Waals surface area contributed by atoms with Gasteiger partial charge in [0.2, 0.25) is 0 Å². The number of hydrogen-bond donors (Lipinski definition) is 2. The summed E-state index contributed by atoms with van der Waals surface area (Å²) in [5.41, 5.74) is 0. The first kappa shape index (κ1) is 12.7. The molecule has 0 aliphatic rings. The minimum Gasteiger partial charge on any atom is -0.548 e. The van der Waals surface area contributed by atoms with Gasteiger partial charge in [-0.25, -0.2) is 4.79 Å². The van der Waals surface area contributed by atoms with Gasteiger partial charge < -0.3 is 25.3 Å². The Bertz CT molecular complexity index is 196. The van der Waals surface area contributed by atoms with Crippen LogP contribution in [0.25, 0.3) is 0 Å². The van der Waals surface area contributed by atoms with Crippen LogP contribution in [-0.4, -0.2) is 38.3 Å². The zero-order chi connectivity index (χ0) is 11.0. The normalized spacial score (nSPS) is 11.9. The van der Waals surface area contributed by atoms with Crippen molar-refractivity contribution in [2.24, 2.45) is 0 Å². The van der Waals surface area contributed by atoms with Crippen LogP contribution in [0.4, 0.5) is 4.79 Å². The molecule has 0 aliphatic heterocycles. The van der Waals surface area contributed by atoms with Crippen molar-refractivity contribution in [3.8, 4) is 0 Å². The van der Waals surface area contributed by atoms with Crippen molar-refractivity contribution in [2.75, 3.05) is 20.3 Å². The highest BCUT2D eigenvalue weighted by atomic mass is 16.5. The maximum absolute atomic E-state index is 11.0. The van der Waals surface area contributed by atoms with Crippen LogP contribution in [-0.2, 0) is 9.53 Å². The summed E-state index contributed by atoms with van der Waals surface area (Å²) in [7, 11) is 1.57. The van der Waals surface area contributed by atoms with E-state index in [0.29, 0.717) is 19.6 Å². The summed E-state index contributed by atoms with van der Waals surface area (Å²) in [4.78, 5) is 21.2. The Morgan fingerprint density at radius 2 is 2.14 bits per heavy atom. The van der Waals surface area contributed by atoms with E-state index in [1.165, 1.54) is 6.92 Å². The molecule has 0 radical (unpaired) electrons. The Labute approximate surface area is 82.6 Å². The van der Waals surface area contributed by atoms with Gasteiger partial charge in [-0.15, -0.1) is 0 Å². The van der Waals surface area contributed by atoms with Gasteiger partial charge in [0.1, 0.15) is 0 Å². The van der Waals surface area contributed by atoms with Crippen molar-refractivity contribution < 1.29 is 19.4 Å². The SMILES string of the molecule is COCCCNC(=O)N[C@@H](C)C(=O)[O-]. The molecule has 1 atom stereocenters. The quantitative estimate of drug-likeness (QED) is 0.512. The summed E-state index contributed by atoms with van der Waals surface area (Å²) in [6.07, 6.45) is 0.684. The zero-order valence-electron chi connectivity index (χ0n) is 8.33. The highest BCUT2D eigenvalue weighted by Crippen LogP contribution is 1.80. The summed E-state index contributed by atoms with van der Waals surface area (Å²) in [6.45, 7) is 2.33. The summed E-state index contributed by atoms with van der Waals surface area (Å²) in [5, 5.41) is 14.9. The number of ether oxygens (including phenoxy) is 1. The number of amides is 2. The number of urea groups is 1. The molecule has 6 nitrogen and oxygen atoms in total. The Morgan fingerprint density at radius 1 is 1.50 bits per heavy atom. The van der Waals surface area contributed by atoms with Crippen LogP contribution in [0.1, 0.15) is 13.3 Å². The first-order valence-electron chi connectivity index (χ1n) is 4.32. The van der Waals surface area contributed by atoms with Crippen LogP contribution >= 0.6 is 0 Å². The standard InChI is InChI=1S/C8H16N2O4/c1-6(7(11)12)10-8(13)9-4-3-5-14-2/h6H,3-5H2,1-2H3,(H,11,12)(H2,9,10,13)/p-1/t6-/m0/s1. The largest absolute Gasteiger partial charge is 0.548 e. The first-order chi connectivity index (χ1) is 6.57. The first-order valence-corrected chi connectivity index (χ1v) is 4.32. The van der Waals surface area contributed by atoms with Crippen LogP contribution < -0.4 is 15.7 Å². The van der Waals surface area contributed by atoms with Crippen molar-refractivity contribution >= 4 is 12.0 Å². The molecule has 2 amide bonds. The van der Waals surface area contributed by atoms with Crippen LogP contribution in [0.15, 0.2) is 0 Å². The highest BCUT2D eigenvalue weighted by Gasteiger charge is 2.05. The number of methoxy groups -OCH3 is 1. The molecular formula is C8H15N2O4-. The molecule has 0 bridgehead atoms. The third kappa shape index (κ3) is 6.24. The second kappa shape index (κ2) is 7.14. The lowest BCUT2D eigenvalue weighted by Gasteiger charge is -2.14. The van der Waals surface area contributed by atoms with Gasteiger partial charge in [0.25, 0.3) is 0 Å². The van der Waals surface area contributed by atoms with E-state index in [4.69, 9.17) is 4.74 Å². The molecule has 0 aromatic rings. The Morgan fingerprint density at radius 3 is 2.64 bits per heavy atom. The molecular weight excluding hydrogens is 188 g/mol. The van der Waals surface area contributed by atoms with Gasteiger partial charge in [0.15, 0.2) is 0 Å². The second-order valence-electron chi connectivity index (χ2n) is 2.79. The van der Waals surface area contributed by atoms with E-state index in [9.17, 15) is 14.7 Å². The predicted molar refractivity (Wildman–Crippen MR) is 47.5 cm³/mol. The minimum absolute atomic E-state index is 0.444. The molecule has 0 spiro atoms. The average Bonchev–Trinajstić information content (AvgIpc) is 2.12. The predicted octanol–water partition coefficient (Wildman–Crippen LogP) is -1.54. The number of carbonyl (C=O) groups is 2. The molecule has 0 fully saturated rings. The molecule has 0 heterocycles. The van der Waals surface area contributed by atoms with Crippen molar-refractivity contribution in [2.45, 2.75) is 19.4 Å². The lowest BCUT2D eigenvalue weighted by atomic mass is 10.3. The number of hydrogen-bond acceptors (Lipinski definition) is 4. The maximum Gasteiger partial charge on any atom is 0.315 e. The number of aliphatic carboxylic acids is 1. The number of carboxylic acid groups (broad SMARTS) is 1. The van der Waals surface area contributed by atoms with E-state index in [2.05, 4.69) is 10.6 Å². The third-order valence-electron chi connectivity index (χ3n) is 1.51. The molecule has 6 heteroatoms. The third-order valence-corrected chi connectivity index (χ3v) is 1.51. The minimum atomic E-state index is -1.31. The molecule has 0 aliphatic carbocycles.